The van der Waals surface area contributed by atoms with Crippen molar-refractivity contribution in [2.45, 2.75) is 50.1 Å². The molecule has 0 bridgehead atoms. The summed E-state index contributed by atoms with van der Waals surface area (Å²) in [5, 5.41) is 0. The molecule has 7 heteroatoms. The quantitative estimate of drug-likeness (QED) is 0.709. The van der Waals surface area contributed by atoms with Gasteiger partial charge in [0.25, 0.3) is 11.7 Å². The van der Waals surface area contributed by atoms with E-state index in [2.05, 4.69) is 9.80 Å². The zero-order chi connectivity index (χ0) is 22.4. The van der Waals surface area contributed by atoms with E-state index in [0.29, 0.717) is 25.4 Å². The molecule has 0 unspecified atom stereocenters. The van der Waals surface area contributed by atoms with Gasteiger partial charge in [0.1, 0.15) is 5.82 Å². The number of hydrogen-bond donors (Lipinski definition) is 0. The maximum atomic E-state index is 14.2. The topological polar surface area (TPSA) is 45.3 Å². The highest BCUT2D eigenvalue weighted by Crippen LogP contribution is 2.50. The van der Waals surface area contributed by atoms with Crippen LogP contribution in [0.25, 0.3) is 0 Å². The zero-order valence-electron chi connectivity index (χ0n) is 18.8. The smallest absolute Gasteiger partial charge is 0.293 e. The number of anilines is 2. The summed E-state index contributed by atoms with van der Waals surface area (Å²) in [6.45, 7) is 3.41. The maximum absolute atomic E-state index is 14.2. The summed E-state index contributed by atoms with van der Waals surface area (Å²) in [7, 11) is 0. The van der Waals surface area contributed by atoms with Crippen molar-refractivity contribution in [3.63, 3.8) is 0 Å². The lowest BCUT2D eigenvalue weighted by atomic mass is 10.1. The van der Waals surface area contributed by atoms with Crippen LogP contribution in [0.15, 0.2) is 48.5 Å². The van der Waals surface area contributed by atoms with Crippen LogP contribution in [-0.4, -0.2) is 55.9 Å². The molecule has 1 saturated carbocycles. The van der Waals surface area contributed by atoms with E-state index in [0.717, 1.165) is 50.0 Å². The predicted molar refractivity (Wildman–Crippen MR) is 123 cm³/mol. The third-order valence-corrected chi connectivity index (χ3v) is 7.51. The van der Waals surface area contributed by atoms with Gasteiger partial charge in [0.05, 0.1) is 30.3 Å². The Kier molecular flexibility index (Phi) is 5.35. The summed E-state index contributed by atoms with van der Waals surface area (Å²) in [6.07, 6.45) is 5.28. The largest absolute Gasteiger partial charge is 0.367 e. The Morgan fingerprint density at radius 2 is 1.48 bits per heavy atom. The van der Waals surface area contributed by atoms with Crippen molar-refractivity contribution in [1.29, 1.82) is 0 Å². The fourth-order valence-corrected chi connectivity index (χ4v) is 5.76. The first-order valence-corrected chi connectivity index (χ1v) is 12.1. The van der Waals surface area contributed by atoms with Crippen LogP contribution in [0.1, 0.15) is 37.7 Å². The number of hydrogen-bond acceptors (Lipinski definition) is 5. The summed E-state index contributed by atoms with van der Waals surface area (Å²) in [5.74, 6) is -1.62. The molecule has 6 rings (SSSR count). The second-order valence-electron chi connectivity index (χ2n) is 9.52. The average Bonchev–Trinajstić information content (AvgIpc) is 3.21. The maximum Gasteiger partial charge on any atom is 0.293 e. The molecule has 1 amide bonds. The lowest BCUT2D eigenvalue weighted by Gasteiger charge is -2.38. The van der Waals surface area contributed by atoms with Gasteiger partial charge in [-0.15, -0.1) is 0 Å². The van der Waals surface area contributed by atoms with Gasteiger partial charge in [-0.05, 0) is 31.0 Å². The molecule has 0 aromatic heterocycles. The third kappa shape index (κ3) is 3.54. The first-order valence-electron chi connectivity index (χ1n) is 12.1. The van der Waals surface area contributed by atoms with E-state index < -0.39 is 5.79 Å². The Balaban J connectivity index is 1.20. The van der Waals surface area contributed by atoms with E-state index in [-0.39, 0.29) is 23.9 Å². The highest BCUT2D eigenvalue weighted by atomic mass is 19.1. The summed E-state index contributed by atoms with van der Waals surface area (Å²) < 4.78 is 27.1. The number of carbonyl (C=O) groups excluding carboxylic acids is 1. The predicted octanol–water partition coefficient (Wildman–Crippen LogP) is 3.85. The molecular formula is C26H30FN3O3. The van der Waals surface area contributed by atoms with Gasteiger partial charge in [0.2, 0.25) is 0 Å². The molecule has 1 aliphatic carbocycles. The summed E-state index contributed by atoms with van der Waals surface area (Å²) in [5.41, 5.74) is 2.34. The van der Waals surface area contributed by atoms with E-state index in [4.69, 9.17) is 9.47 Å². The summed E-state index contributed by atoms with van der Waals surface area (Å²) in [4.78, 5) is 19.9. The Bertz CT molecular complexity index is 1020. The number of nitrogens with zero attached hydrogens (tertiary/aromatic N) is 3. The molecular weight excluding hydrogens is 421 g/mol. The SMILES string of the molecule is O=C1N(CN2CCN(c3ccccc3F)CC2)c2ccccc2C12O[C@H]1CCCCC[C@@H]1O2. The van der Waals surface area contributed by atoms with Crippen LogP contribution in [0, 0.1) is 5.82 Å². The molecule has 3 aliphatic heterocycles. The minimum Gasteiger partial charge on any atom is -0.367 e. The van der Waals surface area contributed by atoms with Gasteiger partial charge in [-0.3, -0.25) is 14.6 Å². The van der Waals surface area contributed by atoms with E-state index in [1.54, 1.807) is 6.07 Å². The van der Waals surface area contributed by atoms with Crippen molar-refractivity contribution in [2.24, 2.45) is 0 Å². The van der Waals surface area contributed by atoms with Crippen molar-refractivity contribution >= 4 is 17.3 Å². The number of halogens is 1. The third-order valence-electron chi connectivity index (χ3n) is 7.51. The minimum absolute atomic E-state index is 0.0197. The number of amides is 1. The molecule has 0 N–H and O–H groups in total. The second-order valence-corrected chi connectivity index (χ2v) is 9.52. The first kappa shape index (κ1) is 21.1. The van der Waals surface area contributed by atoms with Crippen LogP contribution >= 0.6 is 0 Å². The molecule has 2 saturated heterocycles. The molecule has 3 fully saturated rings. The number of rotatable bonds is 3. The number of ether oxygens (including phenoxy) is 2. The average molecular weight is 452 g/mol. The van der Waals surface area contributed by atoms with Crippen molar-refractivity contribution in [3.8, 4) is 0 Å². The number of benzene rings is 2. The van der Waals surface area contributed by atoms with Gasteiger partial charge < -0.3 is 14.4 Å². The van der Waals surface area contributed by atoms with E-state index in [1.807, 2.05) is 41.3 Å². The van der Waals surface area contributed by atoms with Gasteiger partial charge in [0, 0.05) is 31.7 Å². The van der Waals surface area contributed by atoms with Crippen LogP contribution in [-0.2, 0) is 20.1 Å². The van der Waals surface area contributed by atoms with Gasteiger partial charge in [-0.25, -0.2) is 4.39 Å². The monoisotopic (exact) mass is 451 g/mol. The highest BCUT2D eigenvalue weighted by Gasteiger charge is 2.61. The molecule has 4 aliphatic rings. The number of carbonyl (C=O) groups is 1. The Morgan fingerprint density at radius 3 is 2.18 bits per heavy atom. The molecule has 2 aromatic carbocycles. The van der Waals surface area contributed by atoms with Crippen LogP contribution in [0.2, 0.25) is 0 Å². The van der Waals surface area contributed by atoms with Crippen molar-refractivity contribution < 1.29 is 18.7 Å². The highest BCUT2D eigenvalue weighted by molar-refractivity contribution is 6.06. The molecule has 2 atom stereocenters. The fourth-order valence-electron chi connectivity index (χ4n) is 5.76. The number of para-hydroxylation sites is 2. The molecule has 2 aromatic rings. The molecule has 174 valence electrons. The summed E-state index contributed by atoms with van der Waals surface area (Å²) in [6, 6.07) is 14.8. The van der Waals surface area contributed by atoms with Gasteiger partial charge in [0.15, 0.2) is 0 Å². The Morgan fingerprint density at radius 1 is 0.848 bits per heavy atom. The molecule has 6 nitrogen and oxygen atoms in total. The van der Waals surface area contributed by atoms with Gasteiger partial charge in [-0.1, -0.05) is 49.6 Å². The van der Waals surface area contributed by atoms with Crippen LogP contribution < -0.4 is 9.80 Å². The lowest BCUT2D eigenvalue weighted by Crippen LogP contribution is -2.52. The van der Waals surface area contributed by atoms with Gasteiger partial charge in [-0.2, -0.15) is 0 Å². The molecule has 1 spiro atoms. The van der Waals surface area contributed by atoms with Crippen molar-refractivity contribution in [3.05, 3.63) is 59.9 Å². The molecule has 3 heterocycles. The second kappa shape index (κ2) is 8.38. The fraction of sp³-hybridized carbons (Fsp3) is 0.500. The van der Waals surface area contributed by atoms with Crippen molar-refractivity contribution in [1.82, 2.24) is 4.90 Å². The standard InChI is InChI=1S/C26H30FN3O3/c27-20-9-5-7-11-22(20)29-16-14-28(15-17-29)18-30-21-10-6-4-8-19(21)26(25(30)31)32-23-12-2-1-3-13-24(23)33-26/h4-11,23-24H,1-3,12-18H2/t23-,24-/m0/s1. The summed E-state index contributed by atoms with van der Waals surface area (Å²) >= 11 is 0. The van der Waals surface area contributed by atoms with E-state index in [9.17, 15) is 9.18 Å². The van der Waals surface area contributed by atoms with E-state index in [1.165, 1.54) is 12.5 Å². The van der Waals surface area contributed by atoms with Crippen molar-refractivity contribution in [2.75, 3.05) is 42.6 Å². The Hall–Kier alpha value is -2.48. The van der Waals surface area contributed by atoms with Crippen LogP contribution in [0.5, 0.6) is 0 Å². The van der Waals surface area contributed by atoms with E-state index >= 15 is 0 Å². The number of fused-ring (bicyclic) bond motifs is 3. The zero-order valence-corrected chi connectivity index (χ0v) is 18.8. The lowest BCUT2D eigenvalue weighted by molar-refractivity contribution is -0.191. The van der Waals surface area contributed by atoms with Crippen LogP contribution in [0.3, 0.4) is 0 Å². The van der Waals surface area contributed by atoms with Gasteiger partial charge >= 0.3 is 0 Å². The normalized spacial score (nSPS) is 27.0. The molecule has 0 radical (unpaired) electrons. The Labute approximate surface area is 193 Å². The minimum atomic E-state index is -1.31. The first-order chi connectivity index (χ1) is 16.2. The number of piperazine rings is 1. The molecule has 33 heavy (non-hydrogen) atoms. The van der Waals surface area contributed by atoms with Crippen LogP contribution in [0.4, 0.5) is 15.8 Å².